The summed E-state index contributed by atoms with van der Waals surface area (Å²) < 4.78 is 6.82. The van der Waals surface area contributed by atoms with Crippen LogP contribution in [0.15, 0.2) is 115 Å². The predicted molar refractivity (Wildman–Crippen MR) is 206 cm³/mol. The molecule has 1 aliphatic heterocycles. The van der Waals surface area contributed by atoms with Gasteiger partial charge in [-0.25, -0.2) is 0 Å². The van der Waals surface area contributed by atoms with Gasteiger partial charge in [-0.15, -0.1) is 0 Å². The van der Waals surface area contributed by atoms with Crippen LogP contribution in [0.1, 0.15) is 94.9 Å². The van der Waals surface area contributed by atoms with Gasteiger partial charge >= 0.3 is 0 Å². The van der Waals surface area contributed by atoms with E-state index in [1.54, 1.807) is 0 Å². The van der Waals surface area contributed by atoms with E-state index in [9.17, 15) is 0 Å². The lowest BCUT2D eigenvalue weighted by molar-refractivity contribution is -0.0452. The molecular formula is C48H49NO. The number of para-hydroxylation sites is 2. The van der Waals surface area contributed by atoms with E-state index in [-0.39, 0.29) is 16.2 Å². The fourth-order valence-corrected chi connectivity index (χ4v) is 11.6. The number of nitrogens with zero attached hydrogens (tertiary/aromatic N) is 1. The lowest BCUT2D eigenvalue weighted by Gasteiger charge is -2.63. The van der Waals surface area contributed by atoms with Crippen molar-refractivity contribution < 1.29 is 4.74 Å². The van der Waals surface area contributed by atoms with Crippen molar-refractivity contribution in [3.05, 3.63) is 138 Å². The van der Waals surface area contributed by atoms with Crippen molar-refractivity contribution >= 4 is 17.1 Å². The molecule has 5 aromatic rings. The molecule has 4 saturated carbocycles. The normalized spacial score (nSPS) is 27.6. The minimum Gasteiger partial charge on any atom is -0.457 e. The highest BCUT2D eigenvalue weighted by Crippen LogP contribution is 2.69. The maximum Gasteiger partial charge on any atom is 0.132 e. The Balaban J connectivity index is 1.03. The summed E-state index contributed by atoms with van der Waals surface area (Å²) in [4.78, 5) is 2.42. The van der Waals surface area contributed by atoms with Crippen molar-refractivity contribution in [2.45, 2.75) is 88.9 Å². The fraction of sp³-hybridized carbons (Fsp3) is 0.375. The molecule has 0 saturated heterocycles. The zero-order chi connectivity index (χ0) is 33.8. The smallest absolute Gasteiger partial charge is 0.132 e. The fourth-order valence-electron chi connectivity index (χ4n) is 11.6. The lowest BCUT2D eigenvalue weighted by Crippen LogP contribution is -2.56. The van der Waals surface area contributed by atoms with E-state index in [1.165, 1.54) is 95.4 Å². The van der Waals surface area contributed by atoms with Gasteiger partial charge in [-0.05, 0) is 150 Å². The standard InChI is InChI=1S/C48H49NO/c1-46(2)22-23-47(3,4)43-30-39(19-21-40(43)46)49(37-10-6-5-7-11-37)38-17-14-33(15-18-38)34-16-20-42-45(29-34)50-44-13-9-8-12-41(44)48(42)35-25-31-24-32(27-35)28-36(48)26-31/h5-21,29-32,35-36H,22-28H2,1-4H3. The summed E-state index contributed by atoms with van der Waals surface area (Å²) >= 11 is 0. The number of ether oxygens (including phenoxy) is 1. The first-order chi connectivity index (χ1) is 24.2. The van der Waals surface area contributed by atoms with E-state index in [4.69, 9.17) is 4.74 Å². The molecule has 1 heterocycles. The van der Waals surface area contributed by atoms with Gasteiger partial charge in [0.25, 0.3) is 0 Å². The van der Waals surface area contributed by atoms with Crippen LogP contribution >= 0.6 is 0 Å². The Bertz CT molecular complexity index is 2080. The number of anilines is 3. The molecule has 0 unspecified atom stereocenters. The van der Waals surface area contributed by atoms with Gasteiger partial charge in [-0.2, -0.15) is 0 Å². The Morgan fingerprint density at radius 1 is 0.480 bits per heavy atom. The highest BCUT2D eigenvalue weighted by molar-refractivity contribution is 5.79. The molecule has 6 aliphatic rings. The lowest BCUT2D eigenvalue weighted by atomic mass is 9.42. The average Bonchev–Trinajstić information content (AvgIpc) is 3.12. The van der Waals surface area contributed by atoms with Crippen molar-refractivity contribution in [3.8, 4) is 22.6 Å². The Morgan fingerprint density at radius 3 is 1.76 bits per heavy atom. The Kier molecular flexibility index (Phi) is 6.62. The van der Waals surface area contributed by atoms with Gasteiger partial charge in [0.05, 0.1) is 0 Å². The third-order valence-electron chi connectivity index (χ3n) is 14.0. The third kappa shape index (κ3) is 4.46. The zero-order valence-corrected chi connectivity index (χ0v) is 30.1. The molecule has 0 amide bonds. The molecule has 5 aliphatic carbocycles. The monoisotopic (exact) mass is 655 g/mol. The number of benzene rings is 5. The Hall–Kier alpha value is -4.30. The summed E-state index contributed by atoms with van der Waals surface area (Å²) in [5.41, 5.74) is 12.3. The maximum atomic E-state index is 6.82. The molecule has 5 aromatic carbocycles. The van der Waals surface area contributed by atoms with E-state index in [0.717, 1.165) is 35.2 Å². The van der Waals surface area contributed by atoms with Crippen molar-refractivity contribution in [3.63, 3.8) is 0 Å². The molecule has 1 spiro atoms. The van der Waals surface area contributed by atoms with Crippen LogP contribution in [0.2, 0.25) is 0 Å². The SMILES string of the molecule is CC1(C)CCC(C)(C)c2cc(N(c3ccccc3)c3ccc(-c4ccc5c(c4)Oc4ccccc4C54C5CC6CC(C5)CC4C6)cc3)ccc21. The van der Waals surface area contributed by atoms with Crippen LogP contribution in [0.3, 0.4) is 0 Å². The van der Waals surface area contributed by atoms with Crippen molar-refractivity contribution in [2.75, 3.05) is 4.90 Å². The predicted octanol–water partition coefficient (Wildman–Crippen LogP) is 13.0. The van der Waals surface area contributed by atoms with Crippen LogP contribution in [0.5, 0.6) is 11.5 Å². The van der Waals surface area contributed by atoms with E-state index in [0.29, 0.717) is 0 Å². The molecule has 2 heteroatoms. The first-order valence-corrected chi connectivity index (χ1v) is 19.2. The first kappa shape index (κ1) is 30.5. The molecule has 2 nitrogen and oxygen atoms in total. The van der Waals surface area contributed by atoms with Crippen LogP contribution in [-0.4, -0.2) is 0 Å². The van der Waals surface area contributed by atoms with Crippen molar-refractivity contribution in [2.24, 2.45) is 23.7 Å². The molecule has 4 fully saturated rings. The largest absolute Gasteiger partial charge is 0.457 e. The summed E-state index contributed by atoms with van der Waals surface area (Å²) in [6.45, 7) is 9.64. The summed E-state index contributed by atoms with van der Waals surface area (Å²) in [6.07, 6.45) is 9.40. The third-order valence-corrected chi connectivity index (χ3v) is 14.0. The minimum atomic E-state index is 0.0921. The Labute approximate surface area is 298 Å². The second-order valence-electron chi connectivity index (χ2n) is 17.7. The highest BCUT2D eigenvalue weighted by Gasteiger charge is 2.61. The van der Waals surface area contributed by atoms with E-state index < -0.39 is 0 Å². The van der Waals surface area contributed by atoms with Gasteiger partial charge in [0.1, 0.15) is 11.5 Å². The summed E-state index contributed by atoms with van der Waals surface area (Å²) in [6, 6.07) is 43.4. The molecule has 4 bridgehead atoms. The second kappa shape index (κ2) is 10.8. The van der Waals surface area contributed by atoms with E-state index >= 15 is 0 Å². The van der Waals surface area contributed by atoms with Crippen LogP contribution < -0.4 is 9.64 Å². The van der Waals surface area contributed by atoms with Gasteiger partial charge in [0.2, 0.25) is 0 Å². The van der Waals surface area contributed by atoms with E-state index in [1.807, 2.05) is 0 Å². The first-order valence-electron chi connectivity index (χ1n) is 19.2. The second-order valence-corrected chi connectivity index (χ2v) is 17.7. The average molecular weight is 656 g/mol. The highest BCUT2D eigenvalue weighted by atomic mass is 16.5. The number of rotatable bonds is 4. The number of hydrogen-bond donors (Lipinski definition) is 0. The number of fused-ring (bicyclic) bond motifs is 3. The van der Waals surface area contributed by atoms with Gasteiger partial charge in [-0.3, -0.25) is 0 Å². The summed E-state index contributed by atoms with van der Waals surface area (Å²) in [5.74, 6) is 5.44. The van der Waals surface area contributed by atoms with E-state index in [2.05, 4.69) is 148 Å². The molecule has 50 heavy (non-hydrogen) atoms. The molecule has 0 atom stereocenters. The van der Waals surface area contributed by atoms with Crippen LogP contribution in [-0.2, 0) is 16.2 Å². The quantitative estimate of drug-likeness (QED) is 0.191. The molecule has 0 N–H and O–H groups in total. The van der Waals surface area contributed by atoms with Gasteiger partial charge in [-0.1, -0.05) is 94.4 Å². The van der Waals surface area contributed by atoms with Gasteiger partial charge in [0.15, 0.2) is 0 Å². The maximum absolute atomic E-state index is 6.82. The molecule has 11 rings (SSSR count). The van der Waals surface area contributed by atoms with Crippen molar-refractivity contribution in [1.82, 2.24) is 0 Å². The van der Waals surface area contributed by atoms with Crippen molar-refractivity contribution in [1.29, 1.82) is 0 Å². The molecule has 0 aromatic heterocycles. The van der Waals surface area contributed by atoms with Crippen LogP contribution in [0.25, 0.3) is 11.1 Å². The Morgan fingerprint density at radius 2 is 1.04 bits per heavy atom. The minimum absolute atomic E-state index is 0.0921. The van der Waals surface area contributed by atoms with Gasteiger partial charge in [0, 0.05) is 33.6 Å². The molecule has 0 radical (unpaired) electrons. The van der Waals surface area contributed by atoms with Crippen LogP contribution in [0, 0.1) is 23.7 Å². The summed E-state index contributed by atoms with van der Waals surface area (Å²) in [7, 11) is 0. The van der Waals surface area contributed by atoms with Gasteiger partial charge < -0.3 is 9.64 Å². The molecule has 252 valence electrons. The summed E-state index contributed by atoms with van der Waals surface area (Å²) in [5, 5.41) is 0. The molecular weight excluding hydrogens is 607 g/mol. The topological polar surface area (TPSA) is 12.5 Å². The zero-order valence-electron chi connectivity index (χ0n) is 30.1. The number of hydrogen-bond acceptors (Lipinski definition) is 2. The van der Waals surface area contributed by atoms with Crippen LogP contribution in [0.4, 0.5) is 17.1 Å².